The number of amides is 2. The van der Waals surface area contributed by atoms with Crippen molar-refractivity contribution in [3.05, 3.63) is 23.2 Å². The molecule has 3 atom stereocenters. The van der Waals surface area contributed by atoms with Gasteiger partial charge in [0, 0.05) is 18.1 Å². The third-order valence-corrected chi connectivity index (χ3v) is 4.74. The molecule has 2 heterocycles. The number of anilines is 1. The Morgan fingerprint density at radius 3 is 2.65 bits per heavy atom. The number of benzene rings is 1. The van der Waals surface area contributed by atoms with Crippen molar-refractivity contribution in [1.82, 2.24) is 4.90 Å². The number of nitrogens with one attached hydrogen (secondary N) is 1. The molecule has 0 saturated carbocycles. The van der Waals surface area contributed by atoms with Gasteiger partial charge in [-0.1, -0.05) is 25.4 Å². The van der Waals surface area contributed by atoms with E-state index in [9.17, 15) is 9.59 Å². The molecule has 124 valence electrons. The zero-order chi connectivity index (χ0) is 16.8. The molecule has 6 heteroatoms. The van der Waals surface area contributed by atoms with Crippen LogP contribution >= 0.6 is 11.6 Å². The Kier molecular flexibility index (Phi) is 4.00. The average molecular weight is 337 g/mol. The molecule has 3 unspecified atom stereocenters. The maximum absolute atomic E-state index is 13.0. The van der Waals surface area contributed by atoms with Crippen LogP contribution in [0.1, 0.15) is 27.2 Å². The molecule has 1 saturated heterocycles. The Morgan fingerprint density at radius 1 is 1.35 bits per heavy atom. The van der Waals surface area contributed by atoms with Gasteiger partial charge in [-0.3, -0.25) is 9.59 Å². The minimum atomic E-state index is -1.54. The van der Waals surface area contributed by atoms with Crippen molar-refractivity contribution in [3.63, 3.8) is 0 Å². The molecule has 0 radical (unpaired) electrons. The maximum atomic E-state index is 13.0. The van der Waals surface area contributed by atoms with Crippen molar-refractivity contribution >= 4 is 29.1 Å². The monoisotopic (exact) mass is 336 g/mol. The number of hydrogen-bond donors (Lipinski definition) is 1. The van der Waals surface area contributed by atoms with E-state index in [1.165, 1.54) is 6.92 Å². The average Bonchev–Trinajstić information content (AvgIpc) is 2.47. The summed E-state index contributed by atoms with van der Waals surface area (Å²) in [6.07, 6.45) is 1.09. The van der Waals surface area contributed by atoms with Crippen molar-refractivity contribution in [2.24, 2.45) is 11.8 Å². The molecule has 2 aliphatic heterocycles. The standard InChI is InChI=1S/C17H21ClN2O3/c1-10-6-11(2)9-20(8-10)16(22)17(3)15(21)19-13-7-12(18)4-5-14(13)23-17/h4-5,7,10-11H,6,8-9H2,1-3H3,(H,19,21). The van der Waals surface area contributed by atoms with Gasteiger partial charge in [0.2, 0.25) is 0 Å². The van der Waals surface area contributed by atoms with Gasteiger partial charge in [0.25, 0.3) is 17.4 Å². The number of likely N-dealkylation sites (tertiary alicyclic amines) is 1. The zero-order valence-electron chi connectivity index (χ0n) is 13.6. The second kappa shape index (κ2) is 5.71. The Morgan fingerprint density at radius 2 is 2.00 bits per heavy atom. The summed E-state index contributed by atoms with van der Waals surface area (Å²) in [5, 5.41) is 3.24. The minimum Gasteiger partial charge on any atom is -0.466 e. The highest BCUT2D eigenvalue weighted by Gasteiger charge is 2.50. The Hall–Kier alpha value is -1.75. The normalized spacial score (nSPS) is 30.3. The number of piperidine rings is 1. The first-order valence-electron chi connectivity index (χ1n) is 7.89. The fourth-order valence-corrected chi connectivity index (χ4v) is 3.64. The highest BCUT2D eigenvalue weighted by Crippen LogP contribution is 2.37. The number of halogens is 1. The van der Waals surface area contributed by atoms with Gasteiger partial charge in [-0.15, -0.1) is 0 Å². The summed E-state index contributed by atoms with van der Waals surface area (Å²) in [5.74, 6) is 0.563. The van der Waals surface area contributed by atoms with Gasteiger partial charge in [0.05, 0.1) is 5.69 Å². The molecule has 23 heavy (non-hydrogen) atoms. The van der Waals surface area contributed by atoms with Crippen LogP contribution in [0.4, 0.5) is 5.69 Å². The molecule has 0 bridgehead atoms. The minimum absolute atomic E-state index is 0.283. The first-order valence-corrected chi connectivity index (χ1v) is 8.27. The summed E-state index contributed by atoms with van der Waals surface area (Å²) in [5.41, 5.74) is -1.05. The largest absolute Gasteiger partial charge is 0.466 e. The number of hydrogen-bond acceptors (Lipinski definition) is 3. The van der Waals surface area contributed by atoms with E-state index < -0.39 is 11.5 Å². The molecule has 1 aromatic carbocycles. The molecule has 0 aromatic heterocycles. The van der Waals surface area contributed by atoms with Crippen LogP contribution in [0.5, 0.6) is 5.75 Å². The maximum Gasteiger partial charge on any atom is 0.278 e. The molecule has 3 rings (SSSR count). The van der Waals surface area contributed by atoms with Crippen LogP contribution in [-0.4, -0.2) is 35.4 Å². The topological polar surface area (TPSA) is 58.6 Å². The summed E-state index contributed by atoms with van der Waals surface area (Å²) < 4.78 is 5.81. The number of carbonyl (C=O) groups excluding carboxylic acids is 2. The van der Waals surface area contributed by atoms with Crippen molar-refractivity contribution < 1.29 is 14.3 Å². The smallest absolute Gasteiger partial charge is 0.278 e. The van der Waals surface area contributed by atoms with Gasteiger partial charge in [-0.2, -0.15) is 0 Å². The van der Waals surface area contributed by atoms with Crippen LogP contribution in [0.25, 0.3) is 0 Å². The SMILES string of the molecule is CC1CC(C)CN(C(=O)C2(C)Oc3ccc(Cl)cc3NC2=O)C1. The van der Waals surface area contributed by atoms with Crippen LogP contribution in [0.3, 0.4) is 0 Å². The van der Waals surface area contributed by atoms with E-state index in [1.54, 1.807) is 23.1 Å². The van der Waals surface area contributed by atoms with E-state index >= 15 is 0 Å². The lowest BCUT2D eigenvalue weighted by Crippen LogP contribution is -2.61. The number of rotatable bonds is 1. The lowest BCUT2D eigenvalue weighted by atomic mass is 9.90. The van der Waals surface area contributed by atoms with Crippen molar-refractivity contribution in [2.45, 2.75) is 32.8 Å². The van der Waals surface area contributed by atoms with Gasteiger partial charge in [0.1, 0.15) is 5.75 Å². The molecular weight excluding hydrogens is 316 g/mol. The molecule has 1 N–H and O–H groups in total. The van der Waals surface area contributed by atoms with E-state index in [1.807, 2.05) is 0 Å². The zero-order valence-corrected chi connectivity index (χ0v) is 14.3. The van der Waals surface area contributed by atoms with E-state index in [4.69, 9.17) is 16.3 Å². The molecule has 1 fully saturated rings. The van der Waals surface area contributed by atoms with Crippen molar-refractivity contribution in [2.75, 3.05) is 18.4 Å². The van der Waals surface area contributed by atoms with Crippen molar-refractivity contribution in [1.29, 1.82) is 0 Å². The van der Waals surface area contributed by atoms with Gasteiger partial charge in [0.15, 0.2) is 0 Å². The molecule has 0 aliphatic carbocycles. The highest BCUT2D eigenvalue weighted by molar-refractivity contribution is 6.31. The predicted molar refractivity (Wildman–Crippen MR) is 88.6 cm³/mol. The van der Waals surface area contributed by atoms with Crippen LogP contribution in [0.2, 0.25) is 5.02 Å². The Balaban J connectivity index is 1.87. The third kappa shape index (κ3) is 2.90. The second-order valence-electron chi connectivity index (χ2n) is 6.89. The first kappa shape index (κ1) is 16.1. The van der Waals surface area contributed by atoms with E-state index in [0.717, 1.165) is 6.42 Å². The summed E-state index contributed by atoms with van der Waals surface area (Å²) in [6.45, 7) is 7.09. The molecular formula is C17H21ClN2O3. The van der Waals surface area contributed by atoms with Crippen LogP contribution in [-0.2, 0) is 9.59 Å². The lowest BCUT2D eigenvalue weighted by molar-refractivity contribution is -0.156. The van der Waals surface area contributed by atoms with Gasteiger partial charge in [-0.25, -0.2) is 0 Å². The van der Waals surface area contributed by atoms with Crippen LogP contribution < -0.4 is 10.1 Å². The Bertz CT molecular complexity index is 653. The van der Waals surface area contributed by atoms with E-state index in [-0.39, 0.29) is 5.91 Å². The summed E-state index contributed by atoms with van der Waals surface area (Å²) in [7, 11) is 0. The van der Waals surface area contributed by atoms with Crippen molar-refractivity contribution in [3.8, 4) is 5.75 Å². The molecule has 1 aromatic rings. The van der Waals surface area contributed by atoms with Crippen LogP contribution in [0.15, 0.2) is 18.2 Å². The number of ether oxygens (including phenoxy) is 1. The van der Waals surface area contributed by atoms with E-state index in [0.29, 0.717) is 41.4 Å². The number of nitrogens with zero attached hydrogens (tertiary/aromatic N) is 1. The summed E-state index contributed by atoms with van der Waals surface area (Å²) in [6, 6.07) is 4.96. The van der Waals surface area contributed by atoms with E-state index in [2.05, 4.69) is 19.2 Å². The third-order valence-electron chi connectivity index (χ3n) is 4.50. The lowest BCUT2D eigenvalue weighted by Gasteiger charge is -2.41. The Labute approximate surface area is 140 Å². The quantitative estimate of drug-likeness (QED) is 0.802. The summed E-state index contributed by atoms with van der Waals surface area (Å²) >= 11 is 5.93. The first-order chi connectivity index (χ1) is 10.8. The van der Waals surface area contributed by atoms with Gasteiger partial charge >= 0.3 is 0 Å². The molecule has 2 amide bonds. The molecule has 0 spiro atoms. The predicted octanol–water partition coefficient (Wildman–Crippen LogP) is 2.93. The number of carbonyl (C=O) groups is 2. The van der Waals surface area contributed by atoms with Gasteiger partial charge in [-0.05, 0) is 43.4 Å². The molecule has 2 aliphatic rings. The van der Waals surface area contributed by atoms with Crippen LogP contribution in [0, 0.1) is 11.8 Å². The fourth-order valence-electron chi connectivity index (χ4n) is 3.47. The molecule has 5 nitrogen and oxygen atoms in total. The highest BCUT2D eigenvalue weighted by atomic mass is 35.5. The fraction of sp³-hybridized carbons (Fsp3) is 0.529. The van der Waals surface area contributed by atoms with Gasteiger partial charge < -0.3 is 15.0 Å². The summed E-state index contributed by atoms with van der Waals surface area (Å²) in [4.78, 5) is 27.2. The number of fused-ring (bicyclic) bond motifs is 1. The second-order valence-corrected chi connectivity index (χ2v) is 7.32.